The van der Waals surface area contributed by atoms with E-state index in [4.69, 9.17) is 23.2 Å². The topological polar surface area (TPSA) is 55.2 Å². The van der Waals surface area contributed by atoms with Gasteiger partial charge in [-0.15, -0.1) is 0 Å². The molecule has 2 aromatic carbocycles. The molecule has 0 unspecified atom stereocenters. The highest BCUT2D eigenvalue weighted by Gasteiger charge is 2.33. The smallest absolute Gasteiger partial charge is 0.349 e. The van der Waals surface area contributed by atoms with Crippen LogP contribution in [-0.4, -0.2) is 4.92 Å². The molecule has 0 fully saturated rings. The zero-order chi connectivity index (χ0) is 16.5. The molecule has 0 saturated heterocycles. The van der Waals surface area contributed by atoms with Crippen LogP contribution in [0, 0.1) is 10.1 Å². The predicted octanol–water partition coefficient (Wildman–Crippen LogP) is 5.66. The fourth-order valence-electron chi connectivity index (χ4n) is 1.70. The van der Waals surface area contributed by atoms with E-state index in [1.165, 1.54) is 18.2 Å². The molecule has 0 aliphatic carbocycles. The van der Waals surface area contributed by atoms with E-state index in [-0.39, 0.29) is 16.4 Å². The second-order valence-corrected chi connectivity index (χ2v) is 5.08. The molecule has 0 aromatic heterocycles. The van der Waals surface area contributed by atoms with Crippen LogP contribution in [0.15, 0.2) is 36.4 Å². The summed E-state index contributed by atoms with van der Waals surface area (Å²) in [7, 11) is 0. The van der Waals surface area contributed by atoms with Gasteiger partial charge in [0.2, 0.25) is 0 Å². The molecule has 0 amide bonds. The van der Waals surface area contributed by atoms with E-state index in [2.05, 4.69) is 5.32 Å². The van der Waals surface area contributed by atoms with Gasteiger partial charge in [-0.1, -0.05) is 23.2 Å². The van der Waals surface area contributed by atoms with Gasteiger partial charge in [-0.3, -0.25) is 10.1 Å². The first kappa shape index (κ1) is 16.4. The molecule has 2 aromatic rings. The fraction of sp³-hybridized carbons (Fsp3) is 0.0769. The average Bonchev–Trinajstić information content (AvgIpc) is 2.40. The van der Waals surface area contributed by atoms with E-state index in [1.54, 1.807) is 0 Å². The van der Waals surface area contributed by atoms with Gasteiger partial charge < -0.3 is 5.32 Å². The van der Waals surface area contributed by atoms with Crippen molar-refractivity contribution in [3.63, 3.8) is 0 Å². The Hall–Kier alpha value is -1.99. The summed E-state index contributed by atoms with van der Waals surface area (Å²) in [6.07, 6.45) is -4.67. The Morgan fingerprint density at radius 1 is 1.05 bits per heavy atom. The van der Waals surface area contributed by atoms with Crippen molar-refractivity contribution in [3.05, 3.63) is 62.1 Å². The molecule has 9 heteroatoms. The van der Waals surface area contributed by atoms with Gasteiger partial charge in [-0.25, -0.2) is 0 Å². The number of benzene rings is 2. The number of alkyl halides is 3. The molecule has 0 bridgehead atoms. The third-order valence-corrected chi connectivity index (χ3v) is 3.27. The van der Waals surface area contributed by atoms with Gasteiger partial charge in [0, 0.05) is 11.1 Å². The lowest BCUT2D eigenvalue weighted by Gasteiger charge is -2.11. The Labute approximate surface area is 132 Å². The molecule has 2 rings (SSSR count). The third kappa shape index (κ3) is 3.61. The standard InChI is InChI=1S/C13H7Cl2F3N2O2/c14-8-2-4-10(9(15)6-8)19-11-3-1-7(13(16,17)18)5-12(11)20(21)22/h1-6,19H. The first-order chi connectivity index (χ1) is 10.2. The van der Waals surface area contributed by atoms with Crippen LogP contribution in [-0.2, 0) is 6.18 Å². The number of nitrogens with one attached hydrogen (secondary N) is 1. The maximum Gasteiger partial charge on any atom is 0.416 e. The molecule has 0 atom stereocenters. The van der Waals surface area contributed by atoms with Gasteiger partial charge in [-0.05, 0) is 30.3 Å². The molecule has 0 saturated carbocycles. The number of hydrogen-bond donors (Lipinski definition) is 1. The van der Waals surface area contributed by atoms with Gasteiger partial charge in [-0.2, -0.15) is 13.2 Å². The van der Waals surface area contributed by atoms with Crippen molar-refractivity contribution in [2.24, 2.45) is 0 Å². The minimum absolute atomic E-state index is 0.109. The van der Waals surface area contributed by atoms with Crippen LogP contribution >= 0.6 is 23.2 Å². The Bertz CT molecular complexity index is 736. The lowest BCUT2D eigenvalue weighted by atomic mass is 10.1. The quantitative estimate of drug-likeness (QED) is 0.573. The fourth-order valence-corrected chi connectivity index (χ4v) is 2.16. The number of nitrogens with zero attached hydrogens (tertiary/aromatic N) is 1. The Morgan fingerprint density at radius 2 is 1.68 bits per heavy atom. The van der Waals surface area contributed by atoms with E-state index in [1.807, 2.05) is 0 Å². The molecule has 4 nitrogen and oxygen atoms in total. The van der Waals surface area contributed by atoms with Crippen molar-refractivity contribution in [1.29, 1.82) is 0 Å². The lowest BCUT2D eigenvalue weighted by Crippen LogP contribution is -2.06. The Balaban J connectivity index is 2.44. The number of nitro benzene ring substituents is 1. The zero-order valence-corrected chi connectivity index (χ0v) is 12.1. The van der Waals surface area contributed by atoms with Crippen LogP contribution in [0.5, 0.6) is 0 Å². The van der Waals surface area contributed by atoms with Crippen LogP contribution in [0.2, 0.25) is 10.0 Å². The summed E-state index contributed by atoms with van der Waals surface area (Å²) < 4.78 is 37.9. The van der Waals surface area contributed by atoms with Crippen LogP contribution < -0.4 is 5.32 Å². The number of halogens is 5. The minimum atomic E-state index is -4.67. The van der Waals surface area contributed by atoms with Crippen molar-refractivity contribution < 1.29 is 18.1 Å². The van der Waals surface area contributed by atoms with Gasteiger partial charge >= 0.3 is 6.18 Å². The lowest BCUT2D eigenvalue weighted by molar-refractivity contribution is -0.384. The zero-order valence-electron chi connectivity index (χ0n) is 10.6. The van der Waals surface area contributed by atoms with Crippen molar-refractivity contribution in [2.45, 2.75) is 6.18 Å². The molecule has 0 aliphatic heterocycles. The molecule has 116 valence electrons. The van der Waals surface area contributed by atoms with Crippen molar-refractivity contribution in [3.8, 4) is 0 Å². The third-order valence-electron chi connectivity index (χ3n) is 2.72. The van der Waals surface area contributed by atoms with E-state index >= 15 is 0 Å². The van der Waals surface area contributed by atoms with Crippen LogP contribution in [0.25, 0.3) is 0 Å². The number of hydrogen-bond acceptors (Lipinski definition) is 3. The SMILES string of the molecule is O=[N+]([O-])c1cc(C(F)(F)F)ccc1Nc1ccc(Cl)cc1Cl. The van der Waals surface area contributed by atoms with Gasteiger partial charge in [0.25, 0.3) is 5.69 Å². The number of rotatable bonds is 3. The maximum atomic E-state index is 12.6. The van der Waals surface area contributed by atoms with Gasteiger partial charge in [0.1, 0.15) is 5.69 Å². The van der Waals surface area contributed by atoms with Crippen molar-refractivity contribution in [2.75, 3.05) is 5.32 Å². The van der Waals surface area contributed by atoms with E-state index in [9.17, 15) is 23.3 Å². The molecular weight excluding hydrogens is 344 g/mol. The number of anilines is 2. The molecule has 0 radical (unpaired) electrons. The first-order valence-corrected chi connectivity index (χ1v) is 6.52. The van der Waals surface area contributed by atoms with Gasteiger partial charge in [0.15, 0.2) is 0 Å². The molecule has 0 aliphatic rings. The van der Waals surface area contributed by atoms with E-state index < -0.39 is 22.4 Å². The summed E-state index contributed by atoms with van der Waals surface area (Å²) in [5.74, 6) is 0. The van der Waals surface area contributed by atoms with E-state index in [0.29, 0.717) is 11.1 Å². The second-order valence-electron chi connectivity index (χ2n) is 4.24. The normalized spacial score (nSPS) is 11.3. The molecular formula is C13H7Cl2F3N2O2. The maximum absolute atomic E-state index is 12.6. The van der Waals surface area contributed by atoms with Gasteiger partial charge in [0.05, 0.1) is 21.2 Å². The summed E-state index contributed by atoms with van der Waals surface area (Å²) in [5, 5.41) is 14.1. The summed E-state index contributed by atoms with van der Waals surface area (Å²) in [4.78, 5) is 10.1. The molecule has 22 heavy (non-hydrogen) atoms. The highest BCUT2D eigenvalue weighted by molar-refractivity contribution is 6.36. The minimum Gasteiger partial charge on any atom is -0.349 e. The van der Waals surface area contributed by atoms with Crippen LogP contribution in [0.4, 0.5) is 30.2 Å². The monoisotopic (exact) mass is 350 g/mol. The Kier molecular flexibility index (Phi) is 4.48. The summed E-state index contributed by atoms with van der Waals surface area (Å²) in [6, 6.07) is 6.55. The predicted molar refractivity (Wildman–Crippen MR) is 77.8 cm³/mol. The highest BCUT2D eigenvalue weighted by Crippen LogP contribution is 2.37. The summed E-state index contributed by atoms with van der Waals surface area (Å²) in [5.41, 5.74) is -1.64. The molecule has 0 heterocycles. The second kappa shape index (κ2) is 6.02. The first-order valence-electron chi connectivity index (χ1n) is 5.76. The van der Waals surface area contributed by atoms with Crippen molar-refractivity contribution >= 4 is 40.3 Å². The summed E-state index contributed by atoms with van der Waals surface area (Å²) >= 11 is 11.6. The highest BCUT2D eigenvalue weighted by atomic mass is 35.5. The van der Waals surface area contributed by atoms with Crippen molar-refractivity contribution in [1.82, 2.24) is 0 Å². The summed E-state index contributed by atoms with van der Waals surface area (Å²) in [6.45, 7) is 0. The van der Waals surface area contributed by atoms with Crippen LogP contribution in [0.1, 0.15) is 5.56 Å². The largest absolute Gasteiger partial charge is 0.416 e. The van der Waals surface area contributed by atoms with Crippen LogP contribution in [0.3, 0.4) is 0 Å². The van der Waals surface area contributed by atoms with E-state index in [0.717, 1.165) is 12.1 Å². The molecule has 1 N–H and O–H groups in total. The molecule has 0 spiro atoms. The average molecular weight is 351 g/mol. The number of nitro groups is 1. The Morgan fingerprint density at radius 3 is 2.23 bits per heavy atom.